The lowest BCUT2D eigenvalue weighted by Gasteiger charge is -2.04. The highest BCUT2D eigenvalue weighted by Gasteiger charge is 1.97. The summed E-state index contributed by atoms with van der Waals surface area (Å²) in [7, 11) is 1.51. The van der Waals surface area contributed by atoms with Crippen LogP contribution in [0.4, 0.5) is 0 Å². The van der Waals surface area contributed by atoms with Gasteiger partial charge in [-0.25, -0.2) is 0 Å². The molecule has 0 radical (unpaired) electrons. The number of carbonyl (C=O) groups is 1. The summed E-state index contributed by atoms with van der Waals surface area (Å²) in [6.07, 6.45) is 4.96. The molecule has 0 atom stereocenters. The van der Waals surface area contributed by atoms with Crippen LogP contribution in [0.25, 0.3) is 0 Å². The molecule has 4 heteroatoms. The van der Waals surface area contributed by atoms with E-state index in [0.717, 1.165) is 13.0 Å². The Bertz CT molecular complexity index is 257. The SMILES string of the molecule is COCC(=O)NCCCn1cccc1. The second-order valence-electron chi connectivity index (χ2n) is 3.06. The van der Waals surface area contributed by atoms with E-state index in [4.69, 9.17) is 0 Å². The number of hydrogen-bond donors (Lipinski definition) is 1. The van der Waals surface area contributed by atoms with Crippen molar-refractivity contribution in [1.29, 1.82) is 0 Å². The van der Waals surface area contributed by atoms with Crippen LogP contribution in [-0.4, -0.2) is 30.7 Å². The third kappa shape index (κ3) is 4.09. The molecule has 4 nitrogen and oxygen atoms in total. The van der Waals surface area contributed by atoms with Crippen LogP contribution in [0.15, 0.2) is 24.5 Å². The van der Waals surface area contributed by atoms with E-state index in [1.165, 1.54) is 7.11 Å². The van der Waals surface area contributed by atoms with Crippen molar-refractivity contribution < 1.29 is 9.53 Å². The Morgan fingerprint density at radius 3 is 2.79 bits per heavy atom. The molecule has 0 unspecified atom stereocenters. The zero-order valence-corrected chi connectivity index (χ0v) is 8.40. The van der Waals surface area contributed by atoms with Gasteiger partial charge in [0.1, 0.15) is 6.61 Å². The van der Waals surface area contributed by atoms with Crippen molar-refractivity contribution in [3.63, 3.8) is 0 Å². The topological polar surface area (TPSA) is 43.3 Å². The molecule has 1 amide bonds. The predicted molar refractivity (Wildman–Crippen MR) is 53.9 cm³/mol. The van der Waals surface area contributed by atoms with Gasteiger partial charge in [0.2, 0.25) is 5.91 Å². The van der Waals surface area contributed by atoms with Crippen molar-refractivity contribution in [1.82, 2.24) is 9.88 Å². The Balaban J connectivity index is 2.02. The molecule has 0 saturated heterocycles. The number of rotatable bonds is 6. The predicted octanol–water partition coefficient (Wildman–Crippen LogP) is 0.641. The van der Waals surface area contributed by atoms with Gasteiger partial charge in [0.15, 0.2) is 0 Å². The molecule has 78 valence electrons. The first kappa shape index (κ1) is 10.8. The number of nitrogens with zero attached hydrogens (tertiary/aromatic N) is 1. The highest BCUT2D eigenvalue weighted by atomic mass is 16.5. The molecule has 0 aromatic carbocycles. The molecule has 1 N–H and O–H groups in total. The summed E-state index contributed by atoms with van der Waals surface area (Å²) in [6, 6.07) is 3.98. The second kappa shape index (κ2) is 6.21. The molecule has 0 aliphatic carbocycles. The molecule has 1 aromatic heterocycles. The fourth-order valence-electron chi connectivity index (χ4n) is 1.19. The summed E-state index contributed by atoms with van der Waals surface area (Å²) in [4.78, 5) is 11.0. The minimum Gasteiger partial charge on any atom is -0.375 e. The Morgan fingerprint density at radius 1 is 1.43 bits per heavy atom. The molecule has 0 aliphatic rings. The summed E-state index contributed by atoms with van der Waals surface area (Å²) in [5.41, 5.74) is 0. The minimum absolute atomic E-state index is 0.0555. The first-order valence-corrected chi connectivity index (χ1v) is 4.69. The normalized spacial score (nSPS) is 10.1. The van der Waals surface area contributed by atoms with Crippen LogP contribution < -0.4 is 5.32 Å². The third-order valence-electron chi connectivity index (χ3n) is 1.86. The molecule has 14 heavy (non-hydrogen) atoms. The van der Waals surface area contributed by atoms with Crippen LogP contribution in [0.2, 0.25) is 0 Å². The van der Waals surface area contributed by atoms with E-state index in [1.807, 2.05) is 24.5 Å². The summed E-state index contributed by atoms with van der Waals surface area (Å²) >= 11 is 0. The van der Waals surface area contributed by atoms with Gasteiger partial charge in [-0.1, -0.05) is 0 Å². The number of aryl methyl sites for hydroxylation is 1. The fourth-order valence-corrected chi connectivity index (χ4v) is 1.19. The van der Waals surface area contributed by atoms with E-state index in [9.17, 15) is 4.79 Å². The average molecular weight is 196 g/mol. The smallest absolute Gasteiger partial charge is 0.245 e. The van der Waals surface area contributed by atoms with Crippen LogP contribution in [0.5, 0.6) is 0 Å². The highest BCUT2D eigenvalue weighted by molar-refractivity contribution is 5.77. The van der Waals surface area contributed by atoms with E-state index in [-0.39, 0.29) is 12.5 Å². The Morgan fingerprint density at radius 2 is 2.14 bits per heavy atom. The van der Waals surface area contributed by atoms with E-state index in [1.54, 1.807) is 0 Å². The van der Waals surface area contributed by atoms with Gasteiger partial charge in [0.25, 0.3) is 0 Å². The average Bonchev–Trinajstić information content (AvgIpc) is 2.65. The third-order valence-corrected chi connectivity index (χ3v) is 1.86. The van der Waals surface area contributed by atoms with Gasteiger partial charge in [-0.15, -0.1) is 0 Å². The van der Waals surface area contributed by atoms with Crippen LogP contribution in [-0.2, 0) is 16.1 Å². The van der Waals surface area contributed by atoms with Gasteiger partial charge < -0.3 is 14.6 Å². The summed E-state index contributed by atoms with van der Waals surface area (Å²) < 4.78 is 6.78. The molecule has 0 saturated carbocycles. The Labute approximate surface area is 83.9 Å². The number of aromatic nitrogens is 1. The zero-order valence-electron chi connectivity index (χ0n) is 8.40. The van der Waals surface area contributed by atoms with Crippen LogP contribution in [0.3, 0.4) is 0 Å². The Kier molecular flexibility index (Phi) is 4.78. The van der Waals surface area contributed by atoms with Crippen molar-refractivity contribution in [2.45, 2.75) is 13.0 Å². The van der Waals surface area contributed by atoms with Crippen molar-refractivity contribution in [2.24, 2.45) is 0 Å². The van der Waals surface area contributed by atoms with E-state index < -0.39 is 0 Å². The molecule has 0 fully saturated rings. The standard InChI is InChI=1S/C10H16N2O2/c1-14-9-10(13)11-5-4-8-12-6-2-3-7-12/h2-3,6-7H,4-5,8-9H2,1H3,(H,11,13). The second-order valence-corrected chi connectivity index (χ2v) is 3.06. The molecular formula is C10H16N2O2. The first-order chi connectivity index (χ1) is 6.83. The fraction of sp³-hybridized carbons (Fsp3) is 0.500. The Hall–Kier alpha value is -1.29. The molecule has 1 aromatic rings. The number of amides is 1. The zero-order chi connectivity index (χ0) is 10.2. The van der Waals surface area contributed by atoms with Crippen LogP contribution >= 0.6 is 0 Å². The molecule has 0 spiro atoms. The summed E-state index contributed by atoms with van der Waals surface area (Å²) in [6.45, 7) is 1.77. The van der Waals surface area contributed by atoms with Gasteiger partial charge in [-0.05, 0) is 18.6 Å². The van der Waals surface area contributed by atoms with Crippen molar-refractivity contribution >= 4 is 5.91 Å². The maximum atomic E-state index is 11.0. The minimum atomic E-state index is -0.0555. The van der Waals surface area contributed by atoms with Gasteiger partial charge in [-0.2, -0.15) is 0 Å². The summed E-state index contributed by atoms with van der Waals surface area (Å²) in [5, 5.41) is 2.77. The van der Waals surface area contributed by atoms with Gasteiger partial charge in [0.05, 0.1) is 0 Å². The lowest BCUT2D eigenvalue weighted by atomic mass is 10.4. The van der Waals surface area contributed by atoms with Crippen LogP contribution in [0, 0.1) is 0 Å². The van der Waals surface area contributed by atoms with Crippen molar-refractivity contribution in [3.8, 4) is 0 Å². The molecule has 1 rings (SSSR count). The lowest BCUT2D eigenvalue weighted by Crippen LogP contribution is -2.28. The number of nitrogens with one attached hydrogen (secondary N) is 1. The quantitative estimate of drug-likeness (QED) is 0.678. The molecular weight excluding hydrogens is 180 g/mol. The molecule has 0 aliphatic heterocycles. The van der Waals surface area contributed by atoms with E-state index >= 15 is 0 Å². The van der Waals surface area contributed by atoms with Gasteiger partial charge in [0, 0.05) is 32.6 Å². The monoisotopic (exact) mass is 196 g/mol. The van der Waals surface area contributed by atoms with E-state index in [2.05, 4.69) is 14.6 Å². The van der Waals surface area contributed by atoms with Gasteiger partial charge >= 0.3 is 0 Å². The van der Waals surface area contributed by atoms with Crippen molar-refractivity contribution in [2.75, 3.05) is 20.3 Å². The molecule has 1 heterocycles. The lowest BCUT2D eigenvalue weighted by molar-refractivity contribution is -0.124. The number of carbonyl (C=O) groups excluding carboxylic acids is 1. The number of hydrogen-bond acceptors (Lipinski definition) is 2. The highest BCUT2D eigenvalue weighted by Crippen LogP contribution is 1.91. The first-order valence-electron chi connectivity index (χ1n) is 4.69. The van der Waals surface area contributed by atoms with Gasteiger partial charge in [-0.3, -0.25) is 4.79 Å². The maximum absolute atomic E-state index is 11.0. The number of ether oxygens (including phenoxy) is 1. The van der Waals surface area contributed by atoms with Crippen molar-refractivity contribution in [3.05, 3.63) is 24.5 Å². The summed E-state index contributed by atoms with van der Waals surface area (Å²) in [5.74, 6) is -0.0555. The molecule has 0 bridgehead atoms. The van der Waals surface area contributed by atoms with E-state index in [0.29, 0.717) is 6.54 Å². The van der Waals surface area contributed by atoms with Crippen LogP contribution in [0.1, 0.15) is 6.42 Å². The number of methoxy groups -OCH3 is 1. The maximum Gasteiger partial charge on any atom is 0.245 e. The largest absolute Gasteiger partial charge is 0.375 e.